The summed E-state index contributed by atoms with van der Waals surface area (Å²) in [5, 5.41) is 7.09. The number of hydrogen-bond donors (Lipinski definition) is 2. The monoisotopic (exact) mass is 535 g/mol. The van der Waals surface area contributed by atoms with Crippen LogP contribution in [0, 0.1) is 5.82 Å². The van der Waals surface area contributed by atoms with Gasteiger partial charge < -0.3 is 24.7 Å². The first-order valence-corrected chi connectivity index (χ1v) is 12.6. The Kier molecular flexibility index (Phi) is 8.89. The molecule has 0 aliphatic carbocycles. The van der Waals surface area contributed by atoms with Crippen LogP contribution in [0.1, 0.15) is 32.6 Å². The fourth-order valence-electron chi connectivity index (χ4n) is 3.92. The Morgan fingerprint density at radius 2 is 1.79 bits per heavy atom. The number of hydrogen-bond acceptors (Lipinski definition) is 6. The topological polar surface area (TPSA) is 101 Å². The first-order valence-electron chi connectivity index (χ1n) is 11.8. The van der Waals surface area contributed by atoms with Gasteiger partial charge in [-0.3, -0.25) is 14.4 Å². The molecule has 1 unspecified atom stereocenters. The number of nitrogens with zero attached hydrogens (tertiary/aromatic N) is 1. The zero-order chi connectivity index (χ0) is 26.9. The number of para-hydroxylation sites is 1. The van der Waals surface area contributed by atoms with Crippen molar-refractivity contribution in [1.29, 1.82) is 0 Å². The van der Waals surface area contributed by atoms with Crippen LogP contribution in [0.2, 0.25) is 0 Å². The normalized spacial score (nSPS) is 11.4. The number of methoxy groups -OCH3 is 1. The van der Waals surface area contributed by atoms with E-state index in [1.165, 1.54) is 47.8 Å². The Morgan fingerprint density at radius 3 is 2.50 bits per heavy atom. The molecule has 0 bridgehead atoms. The molecule has 4 aromatic rings. The predicted molar refractivity (Wildman–Crippen MR) is 140 cm³/mol. The van der Waals surface area contributed by atoms with Gasteiger partial charge in [0.15, 0.2) is 0 Å². The lowest BCUT2D eigenvalue weighted by Gasteiger charge is -2.32. The van der Waals surface area contributed by atoms with Gasteiger partial charge in [-0.15, -0.1) is 11.3 Å². The number of thiophene rings is 1. The number of carbonyl (C=O) groups is 3. The van der Waals surface area contributed by atoms with Crippen molar-refractivity contribution in [2.75, 3.05) is 13.7 Å². The highest BCUT2D eigenvalue weighted by molar-refractivity contribution is 7.12. The lowest BCUT2D eigenvalue weighted by Crippen LogP contribution is -2.47. The molecular weight excluding hydrogens is 509 g/mol. The van der Waals surface area contributed by atoms with Gasteiger partial charge in [0.05, 0.1) is 37.9 Å². The number of amides is 3. The van der Waals surface area contributed by atoms with Gasteiger partial charge in [0.25, 0.3) is 5.91 Å². The number of nitrogens with one attached hydrogen (secondary N) is 2. The van der Waals surface area contributed by atoms with Gasteiger partial charge in [0.2, 0.25) is 11.8 Å². The smallest absolute Gasteiger partial charge is 0.261 e. The van der Waals surface area contributed by atoms with Crippen molar-refractivity contribution in [3.63, 3.8) is 0 Å². The van der Waals surface area contributed by atoms with Gasteiger partial charge in [-0.1, -0.05) is 42.5 Å². The molecule has 0 spiro atoms. The van der Waals surface area contributed by atoms with E-state index in [2.05, 4.69) is 10.6 Å². The average molecular weight is 536 g/mol. The molecule has 0 aliphatic heterocycles. The van der Waals surface area contributed by atoms with Crippen LogP contribution in [0.4, 0.5) is 4.39 Å². The second-order valence-electron chi connectivity index (χ2n) is 8.21. The SMILES string of the molecule is COc1ccccc1CN(C(=O)CNC(=O)c1cccs1)C(C(=O)NCc1ccco1)c1ccccc1F. The summed E-state index contributed by atoms with van der Waals surface area (Å²) in [4.78, 5) is 41.4. The number of carbonyl (C=O) groups excluding carboxylic acids is 3. The van der Waals surface area contributed by atoms with E-state index < -0.39 is 36.1 Å². The minimum atomic E-state index is -1.35. The summed E-state index contributed by atoms with van der Waals surface area (Å²) in [6, 6.07) is 18.2. The summed E-state index contributed by atoms with van der Waals surface area (Å²) in [5.41, 5.74) is 0.616. The summed E-state index contributed by atoms with van der Waals surface area (Å²) < 4.78 is 25.8. The summed E-state index contributed by atoms with van der Waals surface area (Å²) in [6.07, 6.45) is 1.48. The molecule has 2 aromatic carbocycles. The van der Waals surface area contributed by atoms with E-state index in [4.69, 9.17) is 9.15 Å². The van der Waals surface area contributed by atoms with Crippen LogP contribution in [0.25, 0.3) is 0 Å². The fourth-order valence-corrected chi connectivity index (χ4v) is 4.56. The van der Waals surface area contributed by atoms with Crippen LogP contribution in [0.3, 0.4) is 0 Å². The molecule has 0 saturated heterocycles. The Bertz CT molecular complexity index is 1370. The lowest BCUT2D eigenvalue weighted by molar-refractivity contribution is -0.141. The maximum atomic E-state index is 15.1. The molecule has 2 heterocycles. The fraction of sp³-hybridized carbons (Fsp3) is 0.179. The van der Waals surface area contributed by atoms with E-state index in [9.17, 15) is 14.4 Å². The zero-order valence-electron chi connectivity index (χ0n) is 20.6. The van der Waals surface area contributed by atoms with Gasteiger partial charge in [-0.25, -0.2) is 4.39 Å². The molecule has 2 aromatic heterocycles. The summed E-state index contributed by atoms with van der Waals surface area (Å²) in [5.74, 6) is -1.27. The minimum Gasteiger partial charge on any atom is -0.496 e. The van der Waals surface area contributed by atoms with Crippen LogP contribution >= 0.6 is 11.3 Å². The molecule has 0 aliphatic rings. The van der Waals surface area contributed by atoms with Crippen molar-refractivity contribution in [1.82, 2.24) is 15.5 Å². The van der Waals surface area contributed by atoms with E-state index in [0.717, 1.165) is 0 Å². The second-order valence-corrected chi connectivity index (χ2v) is 9.16. The van der Waals surface area contributed by atoms with Gasteiger partial charge >= 0.3 is 0 Å². The quantitative estimate of drug-likeness (QED) is 0.298. The highest BCUT2D eigenvalue weighted by Gasteiger charge is 2.34. The standard InChI is InChI=1S/C28H26FN3O5S/c1-36-23-12-5-2-8-19(23)18-32(25(33)17-31-27(34)24-13-7-15-38-24)26(21-10-3-4-11-22(21)29)28(35)30-16-20-9-6-14-37-20/h2-15,26H,16-18H2,1H3,(H,30,35)(H,31,34). The Hall–Kier alpha value is -4.44. The van der Waals surface area contributed by atoms with E-state index in [1.807, 2.05) is 0 Å². The van der Waals surface area contributed by atoms with Crippen molar-refractivity contribution >= 4 is 29.1 Å². The van der Waals surface area contributed by atoms with Crippen LogP contribution in [0.15, 0.2) is 88.9 Å². The first-order chi connectivity index (χ1) is 18.5. The molecule has 2 N–H and O–H groups in total. The van der Waals surface area contributed by atoms with Crippen LogP contribution in [-0.2, 0) is 22.7 Å². The molecule has 1 atom stereocenters. The minimum absolute atomic E-state index is 0.0114. The predicted octanol–water partition coefficient (Wildman–Crippen LogP) is 4.31. The Morgan fingerprint density at radius 1 is 1.00 bits per heavy atom. The van der Waals surface area contributed by atoms with Crippen molar-refractivity contribution in [3.05, 3.63) is 112 Å². The van der Waals surface area contributed by atoms with Gasteiger partial charge in [-0.05, 0) is 35.7 Å². The molecule has 4 rings (SSSR count). The molecule has 38 heavy (non-hydrogen) atoms. The largest absolute Gasteiger partial charge is 0.496 e. The molecular formula is C28H26FN3O5S. The third-order valence-corrected chi connectivity index (χ3v) is 6.64. The number of furan rings is 1. The first kappa shape index (κ1) is 26.6. The maximum Gasteiger partial charge on any atom is 0.261 e. The summed E-state index contributed by atoms with van der Waals surface area (Å²) in [7, 11) is 1.50. The average Bonchev–Trinajstić information content (AvgIpc) is 3.66. The Labute approximate surface area is 223 Å². The molecule has 8 nitrogen and oxygen atoms in total. The van der Waals surface area contributed by atoms with E-state index in [-0.39, 0.29) is 18.7 Å². The van der Waals surface area contributed by atoms with Crippen molar-refractivity contribution in [2.24, 2.45) is 0 Å². The third kappa shape index (κ3) is 6.46. The van der Waals surface area contributed by atoms with E-state index in [1.54, 1.807) is 60.0 Å². The number of rotatable bonds is 11. The molecule has 0 fully saturated rings. The van der Waals surface area contributed by atoms with Crippen LogP contribution in [0.5, 0.6) is 5.75 Å². The van der Waals surface area contributed by atoms with Crippen molar-refractivity contribution in [2.45, 2.75) is 19.1 Å². The van der Waals surface area contributed by atoms with E-state index >= 15 is 4.39 Å². The number of halogens is 1. The highest BCUT2D eigenvalue weighted by atomic mass is 32.1. The number of benzene rings is 2. The molecule has 196 valence electrons. The van der Waals surface area contributed by atoms with Crippen LogP contribution in [-0.4, -0.2) is 36.3 Å². The maximum absolute atomic E-state index is 15.1. The highest BCUT2D eigenvalue weighted by Crippen LogP contribution is 2.29. The molecule has 0 saturated carbocycles. The summed E-state index contributed by atoms with van der Waals surface area (Å²) >= 11 is 1.24. The molecule has 0 radical (unpaired) electrons. The van der Waals surface area contributed by atoms with Crippen LogP contribution < -0.4 is 15.4 Å². The van der Waals surface area contributed by atoms with E-state index in [0.29, 0.717) is 22.0 Å². The molecule has 10 heteroatoms. The molecule has 3 amide bonds. The Balaban J connectivity index is 1.68. The van der Waals surface area contributed by atoms with Crippen molar-refractivity contribution in [3.8, 4) is 5.75 Å². The second kappa shape index (κ2) is 12.7. The summed E-state index contributed by atoms with van der Waals surface area (Å²) in [6.45, 7) is -0.435. The number of ether oxygens (including phenoxy) is 1. The lowest BCUT2D eigenvalue weighted by atomic mass is 10.0. The third-order valence-electron chi connectivity index (χ3n) is 5.78. The van der Waals surface area contributed by atoms with Gasteiger partial charge in [-0.2, -0.15) is 0 Å². The van der Waals surface area contributed by atoms with Crippen molar-refractivity contribution < 1.29 is 27.9 Å². The van der Waals surface area contributed by atoms with Gasteiger partial charge in [0.1, 0.15) is 23.4 Å². The zero-order valence-corrected chi connectivity index (χ0v) is 21.4. The van der Waals surface area contributed by atoms with Gasteiger partial charge in [0, 0.05) is 11.1 Å².